The third-order valence-corrected chi connectivity index (χ3v) is 3.97. The van der Waals surface area contributed by atoms with Crippen LogP contribution in [0.5, 0.6) is 0 Å². The van der Waals surface area contributed by atoms with Crippen molar-refractivity contribution in [3.05, 3.63) is 0 Å². The Balaban J connectivity index is 2.32. The maximum Gasteiger partial charge on any atom is 0.232 e. The van der Waals surface area contributed by atoms with E-state index in [4.69, 9.17) is 4.98 Å². The van der Waals surface area contributed by atoms with Gasteiger partial charge in [-0.15, -0.1) is 0 Å². The number of likely N-dealkylation sites (N-methyl/N-ethyl adjacent to an activating group) is 1. The molecule has 0 radical (unpaired) electrons. The number of aromatic nitrogens is 3. The minimum absolute atomic E-state index is 0.403. The quantitative estimate of drug-likeness (QED) is 0.865. The van der Waals surface area contributed by atoms with E-state index in [1.165, 1.54) is 0 Å². The molecule has 0 bridgehead atoms. The van der Waals surface area contributed by atoms with Crippen molar-refractivity contribution in [3.8, 4) is 0 Å². The standard InChI is InChI=1S/C14H27N7/c1-6-20(7-2)13-16-12(15-4)17-14(18-13)21-9-8-19(5)10-11(21)3/h11H,6-10H2,1-5H3,(H,15,16,17,18). The highest BCUT2D eigenvalue weighted by molar-refractivity contribution is 5.45. The molecule has 7 heteroatoms. The molecule has 1 N–H and O–H groups in total. The molecule has 1 aromatic heterocycles. The van der Waals surface area contributed by atoms with Gasteiger partial charge in [-0.1, -0.05) is 0 Å². The van der Waals surface area contributed by atoms with E-state index >= 15 is 0 Å². The Kier molecular flexibility index (Phi) is 5.17. The van der Waals surface area contributed by atoms with Crippen molar-refractivity contribution in [2.24, 2.45) is 0 Å². The fraction of sp³-hybridized carbons (Fsp3) is 0.786. The zero-order valence-corrected chi connectivity index (χ0v) is 13.8. The molecular weight excluding hydrogens is 266 g/mol. The van der Waals surface area contributed by atoms with Gasteiger partial charge >= 0.3 is 0 Å². The molecule has 1 aliphatic rings. The van der Waals surface area contributed by atoms with Crippen molar-refractivity contribution in [3.63, 3.8) is 0 Å². The summed E-state index contributed by atoms with van der Waals surface area (Å²) in [4.78, 5) is 20.5. The van der Waals surface area contributed by atoms with Crippen LogP contribution in [0.4, 0.5) is 17.8 Å². The number of nitrogens with zero attached hydrogens (tertiary/aromatic N) is 6. The van der Waals surface area contributed by atoms with Crippen LogP contribution in [0.25, 0.3) is 0 Å². The van der Waals surface area contributed by atoms with Crippen LogP contribution in [-0.2, 0) is 0 Å². The summed E-state index contributed by atoms with van der Waals surface area (Å²) in [6, 6.07) is 0.403. The number of piperazine rings is 1. The van der Waals surface area contributed by atoms with Gasteiger partial charge in [0.25, 0.3) is 0 Å². The van der Waals surface area contributed by atoms with E-state index in [-0.39, 0.29) is 0 Å². The van der Waals surface area contributed by atoms with Crippen LogP contribution in [0.2, 0.25) is 0 Å². The van der Waals surface area contributed by atoms with Crippen LogP contribution >= 0.6 is 0 Å². The van der Waals surface area contributed by atoms with Crippen LogP contribution in [0, 0.1) is 0 Å². The summed E-state index contributed by atoms with van der Waals surface area (Å²) in [6.45, 7) is 11.2. The molecule has 21 heavy (non-hydrogen) atoms. The first-order chi connectivity index (χ1) is 10.1. The summed E-state index contributed by atoms with van der Waals surface area (Å²) in [5.74, 6) is 2.16. The second-order valence-corrected chi connectivity index (χ2v) is 5.49. The number of hydrogen-bond donors (Lipinski definition) is 1. The normalized spacial score (nSPS) is 19.7. The molecule has 1 fully saturated rings. The first-order valence-corrected chi connectivity index (χ1v) is 7.73. The van der Waals surface area contributed by atoms with Gasteiger partial charge in [-0.05, 0) is 27.8 Å². The Labute approximate surface area is 127 Å². The maximum absolute atomic E-state index is 4.69. The van der Waals surface area contributed by atoms with Gasteiger partial charge in [-0.2, -0.15) is 15.0 Å². The van der Waals surface area contributed by atoms with Crippen molar-refractivity contribution in [1.29, 1.82) is 0 Å². The molecule has 1 unspecified atom stereocenters. The zero-order valence-electron chi connectivity index (χ0n) is 13.8. The second kappa shape index (κ2) is 6.89. The van der Waals surface area contributed by atoms with Gasteiger partial charge < -0.3 is 20.0 Å². The van der Waals surface area contributed by atoms with Gasteiger partial charge in [0.15, 0.2) is 0 Å². The Bertz CT molecular complexity index is 461. The highest BCUT2D eigenvalue weighted by atomic mass is 15.4. The van der Waals surface area contributed by atoms with Gasteiger partial charge in [-0.3, -0.25) is 0 Å². The highest BCUT2D eigenvalue weighted by Crippen LogP contribution is 2.20. The molecule has 0 spiro atoms. The van der Waals surface area contributed by atoms with Crippen LogP contribution in [0.15, 0.2) is 0 Å². The molecule has 7 nitrogen and oxygen atoms in total. The van der Waals surface area contributed by atoms with E-state index in [1.54, 1.807) is 0 Å². The number of anilines is 3. The Morgan fingerprint density at radius 2 is 1.90 bits per heavy atom. The van der Waals surface area contributed by atoms with Crippen LogP contribution in [0.1, 0.15) is 20.8 Å². The third-order valence-electron chi connectivity index (χ3n) is 3.97. The smallest absolute Gasteiger partial charge is 0.232 e. The molecule has 0 amide bonds. The number of hydrogen-bond acceptors (Lipinski definition) is 7. The lowest BCUT2D eigenvalue weighted by Crippen LogP contribution is -2.51. The van der Waals surface area contributed by atoms with Crippen molar-refractivity contribution in [2.45, 2.75) is 26.8 Å². The lowest BCUT2D eigenvalue weighted by molar-refractivity contribution is 0.273. The second-order valence-electron chi connectivity index (χ2n) is 5.49. The van der Waals surface area contributed by atoms with Crippen molar-refractivity contribution >= 4 is 17.8 Å². The largest absolute Gasteiger partial charge is 0.357 e. The summed E-state index contributed by atoms with van der Waals surface area (Å²) >= 11 is 0. The van der Waals surface area contributed by atoms with Gasteiger partial charge in [0.2, 0.25) is 17.8 Å². The molecule has 0 aromatic carbocycles. The minimum Gasteiger partial charge on any atom is -0.357 e. The predicted octanol–water partition coefficient (Wildman–Crippen LogP) is 0.900. The lowest BCUT2D eigenvalue weighted by Gasteiger charge is -2.38. The Morgan fingerprint density at radius 1 is 1.19 bits per heavy atom. The van der Waals surface area contributed by atoms with Crippen molar-refractivity contribution in [2.75, 3.05) is 61.9 Å². The third kappa shape index (κ3) is 3.53. The topological polar surface area (TPSA) is 60.4 Å². The minimum atomic E-state index is 0.403. The maximum atomic E-state index is 4.69. The fourth-order valence-electron chi connectivity index (χ4n) is 2.68. The van der Waals surface area contributed by atoms with Gasteiger partial charge in [-0.25, -0.2) is 0 Å². The highest BCUT2D eigenvalue weighted by Gasteiger charge is 2.25. The molecule has 1 aliphatic heterocycles. The summed E-state index contributed by atoms with van der Waals surface area (Å²) in [5.41, 5.74) is 0. The average molecular weight is 293 g/mol. The van der Waals surface area contributed by atoms with E-state index in [0.29, 0.717) is 12.0 Å². The molecular formula is C14H27N7. The number of nitrogens with one attached hydrogen (secondary N) is 1. The molecule has 1 saturated heterocycles. The average Bonchev–Trinajstić information content (AvgIpc) is 2.48. The first-order valence-electron chi connectivity index (χ1n) is 7.73. The van der Waals surface area contributed by atoms with E-state index in [0.717, 1.165) is 44.6 Å². The lowest BCUT2D eigenvalue weighted by atomic mass is 10.2. The molecule has 1 atom stereocenters. The van der Waals surface area contributed by atoms with Gasteiger partial charge in [0.05, 0.1) is 0 Å². The van der Waals surface area contributed by atoms with Crippen LogP contribution in [0.3, 0.4) is 0 Å². The molecule has 0 aliphatic carbocycles. The predicted molar refractivity (Wildman–Crippen MR) is 87.2 cm³/mol. The summed E-state index contributed by atoms with van der Waals surface area (Å²) < 4.78 is 0. The molecule has 118 valence electrons. The first kappa shape index (κ1) is 15.8. The number of rotatable bonds is 5. The van der Waals surface area contributed by atoms with Gasteiger partial charge in [0.1, 0.15) is 0 Å². The van der Waals surface area contributed by atoms with E-state index in [2.05, 4.69) is 57.8 Å². The summed E-state index contributed by atoms with van der Waals surface area (Å²) in [5, 5.41) is 3.05. The Morgan fingerprint density at radius 3 is 2.48 bits per heavy atom. The van der Waals surface area contributed by atoms with Gasteiger partial charge in [0, 0.05) is 45.8 Å². The molecule has 1 aromatic rings. The van der Waals surface area contributed by atoms with E-state index in [9.17, 15) is 0 Å². The Hall–Kier alpha value is -1.63. The monoisotopic (exact) mass is 293 g/mol. The van der Waals surface area contributed by atoms with Crippen LogP contribution < -0.4 is 15.1 Å². The summed E-state index contributed by atoms with van der Waals surface area (Å²) in [7, 11) is 4.00. The van der Waals surface area contributed by atoms with Crippen LogP contribution in [-0.4, -0.2) is 72.7 Å². The van der Waals surface area contributed by atoms with E-state index in [1.807, 2.05) is 7.05 Å². The SMILES string of the molecule is CCN(CC)c1nc(NC)nc(N2CCN(C)CC2C)n1. The zero-order chi connectivity index (χ0) is 15.4. The summed E-state index contributed by atoms with van der Waals surface area (Å²) in [6.07, 6.45) is 0. The molecule has 2 rings (SSSR count). The van der Waals surface area contributed by atoms with E-state index < -0.39 is 0 Å². The fourth-order valence-corrected chi connectivity index (χ4v) is 2.68. The molecule has 2 heterocycles. The van der Waals surface area contributed by atoms with Crippen molar-refractivity contribution in [1.82, 2.24) is 19.9 Å². The molecule has 0 saturated carbocycles. The van der Waals surface area contributed by atoms with Crippen molar-refractivity contribution < 1.29 is 0 Å².